The average molecular weight is 374 g/mol. The number of aromatic nitrogens is 1. The van der Waals surface area contributed by atoms with Crippen molar-refractivity contribution in [3.63, 3.8) is 0 Å². The van der Waals surface area contributed by atoms with Gasteiger partial charge in [-0.3, -0.25) is 14.4 Å². The molecular formula is C18H22N4O3S. The Morgan fingerprint density at radius 3 is 2.62 bits per heavy atom. The van der Waals surface area contributed by atoms with E-state index in [2.05, 4.69) is 10.3 Å². The molecule has 7 nitrogen and oxygen atoms in total. The fourth-order valence-electron chi connectivity index (χ4n) is 3.18. The number of primary amides is 1. The molecule has 0 radical (unpaired) electrons. The van der Waals surface area contributed by atoms with E-state index >= 15 is 0 Å². The van der Waals surface area contributed by atoms with Gasteiger partial charge in [-0.2, -0.15) is 0 Å². The van der Waals surface area contributed by atoms with E-state index in [-0.39, 0.29) is 17.7 Å². The summed E-state index contributed by atoms with van der Waals surface area (Å²) < 4.78 is 0.857. The molecule has 2 aromatic rings. The Morgan fingerprint density at radius 1 is 1.31 bits per heavy atom. The van der Waals surface area contributed by atoms with Crippen LogP contribution in [-0.4, -0.2) is 46.2 Å². The first-order valence-electron chi connectivity index (χ1n) is 8.65. The van der Waals surface area contributed by atoms with Crippen molar-refractivity contribution in [2.45, 2.75) is 32.2 Å². The lowest BCUT2D eigenvalue weighted by Crippen LogP contribution is -2.62. The van der Waals surface area contributed by atoms with Gasteiger partial charge in [-0.25, -0.2) is 4.98 Å². The highest BCUT2D eigenvalue weighted by molar-refractivity contribution is 7.17. The Balaban J connectivity index is 1.65. The fraction of sp³-hybridized carbons (Fsp3) is 0.444. The molecule has 1 fully saturated rings. The second kappa shape index (κ2) is 7.03. The molecule has 0 spiro atoms. The molecule has 0 aliphatic carbocycles. The van der Waals surface area contributed by atoms with Crippen molar-refractivity contribution >= 4 is 39.1 Å². The largest absolute Gasteiger partial charge is 0.368 e. The molecule has 3 heterocycles. The summed E-state index contributed by atoms with van der Waals surface area (Å²) in [6.45, 7) is 4.27. The number of fused-ring (bicyclic) bond motifs is 1. The van der Waals surface area contributed by atoms with E-state index in [9.17, 15) is 14.4 Å². The second-order valence-corrected chi connectivity index (χ2v) is 7.46. The summed E-state index contributed by atoms with van der Waals surface area (Å²) in [4.78, 5) is 42.7. The zero-order valence-corrected chi connectivity index (χ0v) is 15.6. The maximum Gasteiger partial charge on any atom is 0.273 e. The van der Waals surface area contributed by atoms with Gasteiger partial charge in [-0.15, -0.1) is 11.3 Å². The van der Waals surface area contributed by atoms with Crippen LogP contribution >= 0.6 is 11.3 Å². The van der Waals surface area contributed by atoms with Crippen LogP contribution in [0.4, 0.5) is 0 Å². The molecule has 0 saturated carbocycles. The Labute approximate surface area is 155 Å². The normalized spacial score (nSPS) is 14.9. The molecule has 3 amide bonds. The van der Waals surface area contributed by atoms with Crippen LogP contribution in [0.3, 0.4) is 0 Å². The molecular weight excluding hydrogens is 352 g/mol. The van der Waals surface area contributed by atoms with Crippen molar-refractivity contribution in [2.24, 2.45) is 11.7 Å². The van der Waals surface area contributed by atoms with Gasteiger partial charge in [0.15, 0.2) is 0 Å². The zero-order chi connectivity index (χ0) is 18.9. The summed E-state index contributed by atoms with van der Waals surface area (Å²) >= 11 is 1.48. The maximum atomic E-state index is 12.7. The Morgan fingerprint density at radius 2 is 2.00 bits per heavy atom. The lowest BCUT2D eigenvalue weighted by Gasteiger charge is -2.40. The topological polar surface area (TPSA) is 105 Å². The van der Waals surface area contributed by atoms with Crippen LogP contribution in [0.1, 0.15) is 37.2 Å². The number of nitrogens with zero attached hydrogens (tertiary/aromatic N) is 2. The molecule has 0 bridgehead atoms. The minimum atomic E-state index is -1.02. The number of carbonyl (C=O) groups is 3. The van der Waals surface area contributed by atoms with Gasteiger partial charge in [-0.1, -0.05) is 13.8 Å². The molecule has 3 N–H and O–H groups in total. The number of hydrogen-bond donors (Lipinski definition) is 2. The lowest BCUT2D eigenvalue weighted by molar-refractivity contribution is -0.136. The first-order valence-corrected chi connectivity index (χ1v) is 9.53. The molecule has 1 aliphatic rings. The number of nitrogens with two attached hydrogens (primary N) is 1. The predicted molar refractivity (Wildman–Crippen MR) is 99.7 cm³/mol. The van der Waals surface area contributed by atoms with E-state index in [1.54, 1.807) is 11.1 Å². The molecule has 26 heavy (non-hydrogen) atoms. The number of nitrogens with one attached hydrogen (secondary N) is 1. The summed E-state index contributed by atoms with van der Waals surface area (Å²) in [5.74, 6) is -1.27. The molecule has 3 rings (SSSR count). The molecule has 1 aliphatic heterocycles. The number of likely N-dealkylation sites (tertiary alicyclic amines) is 1. The molecule has 0 atom stereocenters. The van der Waals surface area contributed by atoms with E-state index in [4.69, 9.17) is 5.73 Å². The highest BCUT2D eigenvalue weighted by Crippen LogP contribution is 2.27. The Bertz CT molecular complexity index is 853. The highest BCUT2D eigenvalue weighted by Gasteiger charge is 2.41. The number of amides is 3. The standard InChI is InChI=1S/C18H22N4O3S/c1-3-18(4-2,17(19)25)21-15(23)12-9-22(10-12)16(24)13-14-11(5-7-20-13)6-8-26-14/h5-8,12H,3-4,9-10H2,1-2H3,(H2,19,25)(H,21,23). The van der Waals surface area contributed by atoms with Crippen LogP contribution in [0, 0.1) is 5.92 Å². The summed E-state index contributed by atoms with van der Waals surface area (Å²) in [5, 5.41) is 5.70. The van der Waals surface area contributed by atoms with Crippen molar-refractivity contribution < 1.29 is 14.4 Å². The SMILES string of the molecule is CCC(CC)(NC(=O)C1CN(C(=O)c2nccc3ccsc23)C1)C(N)=O. The third-order valence-corrected chi connectivity index (χ3v) is 6.09. The van der Waals surface area contributed by atoms with Crippen molar-refractivity contribution in [1.29, 1.82) is 0 Å². The summed E-state index contributed by atoms with van der Waals surface area (Å²) in [5.41, 5.74) is 4.87. The summed E-state index contributed by atoms with van der Waals surface area (Å²) in [6.07, 6.45) is 2.49. The Hall–Kier alpha value is -2.48. The number of hydrogen-bond acceptors (Lipinski definition) is 5. The first kappa shape index (κ1) is 18.3. The molecule has 0 aromatic carbocycles. The predicted octanol–water partition coefficient (Wildman–Crippen LogP) is 1.53. The summed E-state index contributed by atoms with van der Waals surface area (Å²) in [6, 6.07) is 3.82. The smallest absolute Gasteiger partial charge is 0.273 e. The maximum absolute atomic E-state index is 12.7. The number of thiophene rings is 1. The van der Waals surface area contributed by atoms with E-state index in [1.807, 2.05) is 31.4 Å². The monoisotopic (exact) mass is 374 g/mol. The lowest BCUT2D eigenvalue weighted by atomic mass is 9.89. The van der Waals surface area contributed by atoms with Gasteiger partial charge in [-0.05, 0) is 35.7 Å². The van der Waals surface area contributed by atoms with E-state index in [0.29, 0.717) is 31.6 Å². The van der Waals surface area contributed by atoms with Gasteiger partial charge < -0.3 is 16.0 Å². The van der Waals surface area contributed by atoms with Crippen LogP contribution < -0.4 is 11.1 Å². The van der Waals surface area contributed by atoms with Crippen molar-refractivity contribution in [3.05, 3.63) is 29.4 Å². The third kappa shape index (κ3) is 3.05. The first-order chi connectivity index (χ1) is 12.4. The van der Waals surface area contributed by atoms with Crippen LogP contribution in [-0.2, 0) is 9.59 Å². The number of rotatable bonds is 6. The van der Waals surface area contributed by atoms with Crippen LogP contribution in [0.15, 0.2) is 23.7 Å². The Kier molecular flexibility index (Phi) is 4.95. The molecule has 138 valence electrons. The molecule has 1 saturated heterocycles. The van der Waals surface area contributed by atoms with Gasteiger partial charge in [0.2, 0.25) is 11.8 Å². The minimum Gasteiger partial charge on any atom is -0.368 e. The molecule has 2 aromatic heterocycles. The third-order valence-electron chi connectivity index (χ3n) is 5.15. The minimum absolute atomic E-state index is 0.172. The van der Waals surface area contributed by atoms with E-state index < -0.39 is 11.4 Å². The second-order valence-electron chi connectivity index (χ2n) is 6.55. The van der Waals surface area contributed by atoms with Crippen molar-refractivity contribution in [2.75, 3.05) is 13.1 Å². The van der Waals surface area contributed by atoms with Gasteiger partial charge in [0.25, 0.3) is 5.91 Å². The van der Waals surface area contributed by atoms with Crippen LogP contribution in [0.2, 0.25) is 0 Å². The van der Waals surface area contributed by atoms with Gasteiger partial charge >= 0.3 is 0 Å². The number of pyridine rings is 1. The summed E-state index contributed by atoms with van der Waals surface area (Å²) in [7, 11) is 0. The average Bonchev–Trinajstić information content (AvgIpc) is 3.06. The highest BCUT2D eigenvalue weighted by atomic mass is 32.1. The fourth-order valence-corrected chi connectivity index (χ4v) is 4.06. The van der Waals surface area contributed by atoms with Crippen molar-refractivity contribution in [1.82, 2.24) is 15.2 Å². The molecule has 8 heteroatoms. The van der Waals surface area contributed by atoms with Crippen LogP contribution in [0.5, 0.6) is 0 Å². The quantitative estimate of drug-likeness (QED) is 0.800. The van der Waals surface area contributed by atoms with E-state index in [1.165, 1.54) is 11.3 Å². The van der Waals surface area contributed by atoms with Crippen LogP contribution in [0.25, 0.3) is 10.1 Å². The number of carbonyl (C=O) groups excluding carboxylic acids is 3. The van der Waals surface area contributed by atoms with Gasteiger partial charge in [0, 0.05) is 19.3 Å². The van der Waals surface area contributed by atoms with E-state index in [0.717, 1.165) is 10.1 Å². The van der Waals surface area contributed by atoms with Gasteiger partial charge in [0.05, 0.1) is 10.6 Å². The van der Waals surface area contributed by atoms with Crippen molar-refractivity contribution in [3.8, 4) is 0 Å². The molecule has 0 unspecified atom stereocenters. The van der Waals surface area contributed by atoms with Gasteiger partial charge in [0.1, 0.15) is 11.2 Å². The zero-order valence-electron chi connectivity index (χ0n) is 14.8.